The maximum absolute atomic E-state index is 12.6. The number of aromatic nitrogens is 3. The second-order valence-electron chi connectivity index (χ2n) is 7.72. The fraction of sp³-hybridized carbons (Fsp3) is 0.667. The van der Waals surface area contributed by atoms with Crippen molar-refractivity contribution in [3.8, 4) is 0 Å². The number of rotatable bonds is 5. The molecule has 3 heterocycles. The molecule has 0 bridgehead atoms. The molecule has 1 aliphatic heterocycles. The van der Waals surface area contributed by atoms with Crippen molar-refractivity contribution in [3.05, 3.63) is 29.2 Å². The van der Waals surface area contributed by atoms with Crippen LogP contribution >= 0.6 is 0 Å². The molecule has 7 nitrogen and oxygen atoms in total. The topological polar surface area (TPSA) is 85.3 Å². The van der Waals surface area contributed by atoms with Gasteiger partial charge in [0.1, 0.15) is 11.5 Å². The Balaban J connectivity index is 1.53. The van der Waals surface area contributed by atoms with Crippen LogP contribution in [0.5, 0.6) is 0 Å². The zero-order valence-electron chi connectivity index (χ0n) is 15.4. The first kappa shape index (κ1) is 17.6. The van der Waals surface area contributed by atoms with Crippen LogP contribution in [0.15, 0.2) is 15.1 Å². The molecule has 25 heavy (non-hydrogen) atoms. The van der Waals surface area contributed by atoms with E-state index < -0.39 is 0 Å². The van der Waals surface area contributed by atoms with Crippen LogP contribution in [-0.4, -0.2) is 32.6 Å². The average molecular weight is 346 g/mol. The van der Waals surface area contributed by atoms with E-state index in [0.29, 0.717) is 31.0 Å². The van der Waals surface area contributed by atoms with Gasteiger partial charge in [0.2, 0.25) is 11.8 Å². The molecular weight excluding hydrogens is 320 g/mol. The van der Waals surface area contributed by atoms with E-state index in [1.54, 1.807) is 0 Å². The molecule has 0 unspecified atom stereocenters. The lowest BCUT2D eigenvalue weighted by molar-refractivity contribution is -0.132. The molecule has 0 N–H and O–H groups in total. The number of hydrogen-bond donors (Lipinski definition) is 0. The van der Waals surface area contributed by atoms with E-state index in [9.17, 15) is 4.79 Å². The number of likely N-dealkylation sites (tertiary alicyclic amines) is 1. The largest absolute Gasteiger partial charge is 0.361 e. The molecule has 1 fully saturated rings. The first-order chi connectivity index (χ1) is 11.8. The van der Waals surface area contributed by atoms with Crippen molar-refractivity contribution in [2.24, 2.45) is 0 Å². The molecule has 1 saturated heterocycles. The third kappa shape index (κ3) is 4.08. The minimum atomic E-state index is -0.129. The van der Waals surface area contributed by atoms with Crippen molar-refractivity contribution in [1.29, 1.82) is 0 Å². The SMILES string of the molecule is Cc1cc([C@@H]2CCCN2C(=O)CCCc2nc(C(C)(C)C)no2)no1. The Hall–Kier alpha value is -2.18. The molecule has 136 valence electrons. The Bertz CT molecular complexity index is 729. The van der Waals surface area contributed by atoms with E-state index in [-0.39, 0.29) is 17.4 Å². The van der Waals surface area contributed by atoms with Gasteiger partial charge in [0.25, 0.3) is 0 Å². The summed E-state index contributed by atoms with van der Waals surface area (Å²) >= 11 is 0. The van der Waals surface area contributed by atoms with Crippen LogP contribution in [0.2, 0.25) is 0 Å². The summed E-state index contributed by atoms with van der Waals surface area (Å²) in [7, 11) is 0. The van der Waals surface area contributed by atoms with Crippen molar-refractivity contribution in [3.63, 3.8) is 0 Å². The van der Waals surface area contributed by atoms with Crippen LogP contribution in [0, 0.1) is 6.92 Å². The second kappa shape index (κ2) is 6.98. The molecule has 3 rings (SSSR count). The molecule has 1 atom stereocenters. The Labute approximate surface area is 147 Å². The third-order valence-electron chi connectivity index (χ3n) is 4.48. The van der Waals surface area contributed by atoms with Gasteiger partial charge in [0.15, 0.2) is 5.82 Å². The smallest absolute Gasteiger partial charge is 0.226 e. The molecule has 0 aromatic carbocycles. The second-order valence-corrected chi connectivity index (χ2v) is 7.72. The van der Waals surface area contributed by atoms with Gasteiger partial charge in [-0.1, -0.05) is 31.1 Å². The lowest BCUT2D eigenvalue weighted by Crippen LogP contribution is -2.30. The summed E-state index contributed by atoms with van der Waals surface area (Å²) in [5.41, 5.74) is 0.728. The molecular formula is C18H26N4O3. The Morgan fingerprint density at radius 2 is 2.12 bits per heavy atom. The number of amides is 1. The third-order valence-corrected chi connectivity index (χ3v) is 4.48. The summed E-state index contributed by atoms with van der Waals surface area (Å²) in [6, 6.07) is 1.96. The number of carbonyl (C=O) groups excluding carboxylic acids is 1. The minimum Gasteiger partial charge on any atom is -0.361 e. The van der Waals surface area contributed by atoms with Crippen LogP contribution in [0.25, 0.3) is 0 Å². The molecule has 1 amide bonds. The maximum Gasteiger partial charge on any atom is 0.226 e. The van der Waals surface area contributed by atoms with E-state index in [1.165, 1.54) is 0 Å². The maximum atomic E-state index is 12.6. The molecule has 1 aliphatic rings. The fourth-order valence-corrected chi connectivity index (χ4v) is 3.11. The van der Waals surface area contributed by atoms with Gasteiger partial charge in [-0.25, -0.2) is 0 Å². The number of carbonyl (C=O) groups is 1. The lowest BCUT2D eigenvalue weighted by Gasteiger charge is -2.22. The standard InChI is InChI=1S/C18H26N4O3/c1-12-11-13(20-24-12)14-7-6-10-22(14)16(23)9-5-8-15-19-17(21-25-15)18(2,3)4/h11,14H,5-10H2,1-4H3/t14-/m0/s1. The quantitative estimate of drug-likeness (QED) is 0.825. The van der Waals surface area contributed by atoms with Crippen LogP contribution in [0.3, 0.4) is 0 Å². The van der Waals surface area contributed by atoms with Gasteiger partial charge in [-0.15, -0.1) is 0 Å². The predicted octanol–water partition coefficient (Wildman–Crippen LogP) is 3.35. The lowest BCUT2D eigenvalue weighted by atomic mass is 9.96. The van der Waals surface area contributed by atoms with E-state index in [2.05, 4.69) is 15.3 Å². The normalized spacial score (nSPS) is 18.1. The van der Waals surface area contributed by atoms with Crippen LogP contribution < -0.4 is 0 Å². The Kier molecular flexibility index (Phi) is 4.92. The van der Waals surface area contributed by atoms with Crippen LogP contribution in [-0.2, 0) is 16.6 Å². The number of aryl methyl sites for hydroxylation is 2. The number of hydrogen-bond acceptors (Lipinski definition) is 6. The highest BCUT2D eigenvalue weighted by atomic mass is 16.5. The van der Waals surface area contributed by atoms with Crippen molar-refractivity contribution < 1.29 is 13.8 Å². The average Bonchev–Trinajstić information content (AvgIpc) is 3.25. The van der Waals surface area contributed by atoms with Gasteiger partial charge in [0, 0.05) is 30.9 Å². The van der Waals surface area contributed by atoms with Crippen molar-refractivity contribution >= 4 is 5.91 Å². The molecule has 2 aromatic heterocycles. The predicted molar refractivity (Wildman–Crippen MR) is 90.9 cm³/mol. The summed E-state index contributed by atoms with van der Waals surface area (Å²) in [4.78, 5) is 18.9. The minimum absolute atomic E-state index is 0.0425. The van der Waals surface area contributed by atoms with Gasteiger partial charge < -0.3 is 13.9 Å². The summed E-state index contributed by atoms with van der Waals surface area (Å²) in [6.45, 7) is 8.79. The molecule has 0 aliphatic carbocycles. The molecule has 0 saturated carbocycles. The molecule has 7 heteroatoms. The monoisotopic (exact) mass is 346 g/mol. The van der Waals surface area contributed by atoms with E-state index in [4.69, 9.17) is 9.05 Å². The fourth-order valence-electron chi connectivity index (χ4n) is 3.11. The van der Waals surface area contributed by atoms with E-state index >= 15 is 0 Å². The number of nitrogens with zero attached hydrogens (tertiary/aromatic N) is 4. The van der Waals surface area contributed by atoms with Crippen molar-refractivity contribution in [2.75, 3.05) is 6.54 Å². The summed E-state index contributed by atoms with van der Waals surface area (Å²) < 4.78 is 10.4. The van der Waals surface area contributed by atoms with Crippen molar-refractivity contribution in [1.82, 2.24) is 20.2 Å². The van der Waals surface area contributed by atoms with Crippen LogP contribution in [0.4, 0.5) is 0 Å². The van der Waals surface area contributed by atoms with Gasteiger partial charge in [0.05, 0.1) is 6.04 Å². The summed E-state index contributed by atoms with van der Waals surface area (Å²) in [5, 5.41) is 8.10. The van der Waals surface area contributed by atoms with Gasteiger partial charge >= 0.3 is 0 Å². The summed E-state index contributed by atoms with van der Waals surface area (Å²) in [5.74, 6) is 2.23. The highest BCUT2D eigenvalue weighted by Gasteiger charge is 2.31. The Morgan fingerprint density at radius 1 is 1.32 bits per heavy atom. The molecule has 0 radical (unpaired) electrons. The first-order valence-electron chi connectivity index (χ1n) is 8.90. The van der Waals surface area contributed by atoms with Gasteiger partial charge in [-0.2, -0.15) is 4.98 Å². The van der Waals surface area contributed by atoms with Gasteiger partial charge in [-0.05, 0) is 26.2 Å². The zero-order valence-corrected chi connectivity index (χ0v) is 15.4. The van der Waals surface area contributed by atoms with Gasteiger partial charge in [-0.3, -0.25) is 4.79 Å². The van der Waals surface area contributed by atoms with E-state index in [0.717, 1.165) is 30.8 Å². The Morgan fingerprint density at radius 3 is 2.76 bits per heavy atom. The van der Waals surface area contributed by atoms with E-state index in [1.807, 2.05) is 38.7 Å². The molecule has 2 aromatic rings. The highest BCUT2D eigenvalue weighted by molar-refractivity contribution is 5.77. The first-order valence-corrected chi connectivity index (χ1v) is 8.90. The highest BCUT2D eigenvalue weighted by Crippen LogP contribution is 2.32. The molecule has 0 spiro atoms. The summed E-state index contributed by atoms with van der Waals surface area (Å²) in [6.07, 6.45) is 3.74. The zero-order chi connectivity index (χ0) is 18.0. The van der Waals surface area contributed by atoms with Crippen LogP contribution in [0.1, 0.15) is 75.7 Å². The van der Waals surface area contributed by atoms with Crippen molar-refractivity contribution in [2.45, 2.75) is 71.3 Å².